The molecule has 178 valence electrons. The summed E-state index contributed by atoms with van der Waals surface area (Å²) in [6, 6.07) is 5.87. The summed E-state index contributed by atoms with van der Waals surface area (Å²) in [5, 5.41) is 8.28. The molecule has 1 saturated heterocycles. The van der Waals surface area contributed by atoms with Gasteiger partial charge in [-0.1, -0.05) is 6.07 Å². The van der Waals surface area contributed by atoms with Gasteiger partial charge in [-0.2, -0.15) is 4.98 Å². The molecule has 0 spiro atoms. The smallest absolute Gasteiger partial charge is 0.242 e. The molecule has 6 rings (SSSR count). The number of hydrogen-bond acceptors (Lipinski definition) is 7. The first-order valence-corrected chi connectivity index (χ1v) is 11.9. The molecule has 3 aromatic rings. The Morgan fingerprint density at radius 3 is 2.68 bits per heavy atom. The van der Waals surface area contributed by atoms with Crippen molar-refractivity contribution in [2.75, 3.05) is 29.9 Å². The van der Waals surface area contributed by atoms with E-state index in [1.54, 1.807) is 11.0 Å². The predicted octanol–water partition coefficient (Wildman–Crippen LogP) is 3.49. The summed E-state index contributed by atoms with van der Waals surface area (Å²) in [6.07, 6.45) is 3.94. The lowest BCUT2D eigenvalue weighted by molar-refractivity contribution is 0.0787. The van der Waals surface area contributed by atoms with E-state index in [2.05, 4.69) is 20.2 Å². The first-order chi connectivity index (χ1) is 16.5. The molecule has 1 unspecified atom stereocenters. The minimum absolute atomic E-state index is 0.271. The Balaban J connectivity index is 1.23. The average Bonchev–Trinajstić information content (AvgIpc) is 3.22. The third-order valence-corrected chi connectivity index (χ3v) is 7.22. The van der Waals surface area contributed by atoms with E-state index in [1.807, 2.05) is 13.0 Å². The van der Waals surface area contributed by atoms with Crippen molar-refractivity contribution in [1.82, 2.24) is 24.7 Å². The van der Waals surface area contributed by atoms with Crippen molar-refractivity contribution in [2.45, 2.75) is 44.9 Å². The van der Waals surface area contributed by atoms with Gasteiger partial charge in [0.05, 0.1) is 0 Å². The van der Waals surface area contributed by atoms with Crippen LogP contribution < -0.4 is 10.2 Å². The van der Waals surface area contributed by atoms with Gasteiger partial charge in [0.25, 0.3) is 0 Å². The molecule has 1 aromatic carbocycles. The lowest BCUT2D eigenvalue weighted by Gasteiger charge is -2.38. The summed E-state index contributed by atoms with van der Waals surface area (Å²) in [6.45, 7) is 4.93. The maximum Gasteiger partial charge on any atom is 0.242 e. The van der Waals surface area contributed by atoms with Crippen LogP contribution in [0, 0.1) is 30.4 Å². The summed E-state index contributed by atoms with van der Waals surface area (Å²) in [5.74, 6) is 1.74. The first-order valence-electron chi connectivity index (χ1n) is 11.9. The summed E-state index contributed by atoms with van der Waals surface area (Å²) in [5.41, 5.74) is 1.24. The normalized spacial score (nSPS) is 26.3. The Labute approximate surface area is 196 Å². The molecule has 2 fully saturated rings. The average molecular weight is 468 g/mol. The van der Waals surface area contributed by atoms with Crippen molar-refractivity contribution >= 4 is 11.8 Å². The Bertz CT molecular complexity index is 1190. The highest BCUT2D eigenvalue weighted by molar-refractivity contribution is 5.42. The molecule has 0 amide bonds. The number of nitrogens with one attached hydrogen (secondary N) is 1. The van der Waals surface area contributed by atoms with Crippen LogP contribution in [0.4, 0.5) is 20.5 Å². The molecule has 0 radical (unpaired) electrons. The van der Waals surface area contributed by atoms with Crippen molar-refractivity contribution in [1.29, 1.82) is 0 Å². The Morgan fingerprint density at radius 1 is 1.09 bits per heavy atom. The van der Waals surface area contributed by atoms with Gasteiger partial charge in [-0.05, 0) is 44.1 Å². The van der Waals surface area contributed by atoms with Crippen LogP contribution in [0.2, 0.25) is 0 Å². The molecule has 8 nitrogen and oxygen atoms in total. The van der Waals surface area contributed by atoms with Gasteiger partial charge >= 0.3 is 0 Å². The van der Waals surface area contributed by atoms with E-state index in [1.165, 1.54) is 12.1 Å². The molecule has 10 heteroatoms. The molecular weight excluding hydrogens is 440 g/mol. The van der Waals surface area contributed by atoms with Crippen LogP contribution in [0.3, 0.4) is 0 Å². The number of anilines is 2. The van der Waals surface area contributed by atoms with Crippen LogP contribution in [0.5, 0.6) is 0 Å². The Morgan fingerprint density at radius 2 is 1.91 bits per heavy atom. The fourth-order valence-corrected chi connectivity index (χ4v) is 5.61. The Hall–Kier alpha value is -3.14. The largest absolute Gasteiger partial charge is 0.365 e. The van der Waals surface area contributed by atoms with Crippen molar-refractivity contribution in [3.05, 3.63) is 59.3 Å². The first kappa shape index (κ1) is 21.4. The van der Waals surface area contributed by atoms with E-state index >= 15 is 0 Å². The number of ether oxygens (including phenoxy) is 1. The highest BCUT2D eigenvalue weighted by Gasteiger charge is 2.43. The van der Waals surface area contributed by atoms with Gasteiger partial charge in [0.1, 0.15) is 29.9 Å². The maximum atomic E-state index is 14.5. The van der Waals surface area contributed by atoms with Crippen molar-refractivity contribution in [3.8, 4) is 0 Å². The molecule has 3 aliphatic rings. The second-order valence-electron chi connectivity index (χ2n) is 9.48. The number of aromatic nitrogens is 5. The van der Waals surface area contributed by atoms with E-state index in [9.17, 15) is 8.78 Å². The molecule has 1 N–H and O–H groups in total. The van der Waals surface area contributed by atoms with Gasteiger partial charge in [-0.25, -0.2) is 23.4 Å². The highest BCUT2D eigenvalue weighted by Crippen LogP contribution is 2.40. The number of piperidine rings is 1. The predicted molar refractivity (Wildman–Crippen MR) is 121 cm³/mol. The fraction of sp³-hybridized carbons (Fsp3) is 0.500. The summed E-state index contributed by atoms with van der Waals surface area (Å²) < 4.78 is 35.7. The second kappa shape index (κ2) is 8.57. The second-order valence-corrected chi connectivity index (χ2v) is 9.48. The minimum atomic E-state index is -0.717. The molecule has 4 heterocycles. The van der Waals surface area contributed by atoms with Gasteiger partial charge in [-0.15, -0.1) is 5.10 Å². The zero-order chi connectivity index (χ0) is 23.2. The van der Waals surface area contributed by atoms with Gasteiger partial charge < -0.3 is 15.0 Å². The number of hydrogen-bond donors (Lipinski definition) is 1. The van der Waals surface area contributed by atoms with E-state index < -0.39 is 17.7 Å². The SMILES string of the molecule is Cc1cc(N2C[C@H]3CC[C@@H](C2)C3Nc2nc3n(n2)CCCO[C@H]3c2ccc(F)cc2F)ncn1. The molecule has 4 atom stereocenters. The number of nitrogens with zero attached hydrogens (tertiary/aromatic N) is 6. The molecular formula is C24H27F2N7O. The zero-order valence-corrected chi connectivity index (χ0v) is 19.0. The quantitative estimate of drug-likeness (QED) is 0.629. The van der Waals surface area contributed by atoms with E-state index in [-0.39, 0.29) is 11.6 Å². The highest BCUT2D eigenvalue weighted by atomic mass is 19.1. The summed E-state index contributed by atoms with van der Waals surface area (Å²) in [7, 11) is 0. The monoisotopic (exact) mass is 467 g/mol. The number of fused-ring (bicyclic) bond motifs is 3. The van der Waals surface area contributed by atoms with Gasteiger partial charge in [0.15, 0.2) is 5.82 Å². The van der Waals surface area contributed by atoms with Gasteiger partial charge in [0, 0.05) is 55.7 Å². The fourth-order valence-electron chi connectivity index (χ4n) is 5.61. The van der Waals surface area contributed by atoms with Crippen molar-refractivity contribution in [2.24, 2.45) is 11.8 Å². The van der Waals surface area contributed by atoms with Crippen LogP contribution in [0.15, 0.2) is 30.6 Å². The van der Waals surface area contributed by atoms with E-state index in [4.69, 9.17) is 14.8 Å². The number of aryl methyl sites for hydroxylation is 2. The lowest BCUT2D eigenvalue weighted by atomic mass is 9.92. The van der Waals surface area contributed by atoms with E-state index in [0.717, 1.165) is 49.9 Å². The minimum Gasteiger partial charge on any atom is -0.365 e. The van der Waals surface area contributed by atoms with Crippen LogP contribution in [-0.4, -0.2) is 50.5 Å². The van der Waals surface area contributed by atoms with Crippen LogP contribution >= 0.6 is 0 Å². The van der Waals surface area contributed by atoms with Crippen molar-refractivity contribution < 1.29 is 13.5 Å². The molecule has 2 aliphatic heterocycles. The third-order valence-electron chi connectivity index (χ3n) is 7.22. The van der Waals surface area contributed by atoms with Crippen LogP contribution in [-0.2, 0) is 11.3 Å². The van der Waals surface area contributed by atoms with E-state index in [0.29, 0.717) is 36.8 Å². The molecule has 2 aromatic heterocycles. The lowest BCUT2D eigenvalue weighted by Crippen LogP contribution is -2.48. The Kier molecular flexibility index (Phi) is 5.40. The number of rotatable bonds is 4. The molecule has 2 bridgehead atoms. The molecule has 1 aliphatic carbocycles. The maximum absolute atomic E-state index is 14.5. The van der Waals surface area contributed by atoms with Crippen LogP contribution in [0.1, 0.15) is 42.4 Å². The number of halogens is 2. The van der Waals surface area contributed by atoms with Crippen molar-refractivity contribution in [3.63, 3.8) is 0 Å². The zero-order valence-electron chi connectivity index (χ0n) is 19.0. The molecule has 34 heavy (non-hydrogen) atoms. The van der Waals surface area contributed by atoms with Gasteiger partial charge in [-0.3, -0.25) is 0 Å². The summed E-state index contributed by atoms with van der Waals surface area (Å²) >= 11 is 0. The number of benzene rings is 1. The summed E-state index contributed by atoms with van der Waals surface area (Å²) in [4.78, 5) is 15.8. The third kappa shape index (κ3) is 3.89. The molecule has 1 saturated carbocycles. The standard InChI is InChI=1S/C24H27F2N7O/c1-14-9-20(28-13-27-14)32-11-15-3-4-16(12-32)21(15)29-24-30-23-22(34-8-2-7-33(23)31-24)18-6-5-17(25)10-19(18)26/h5-6,9-10,13,15-16,21-22H,2-4,7-8,11-12H2,1H3,(H,29,31)/t15-,16+,21?,22-/m0/s1. The van der Waals surface area contributed by atoms with Gasteiger partial charge in [0.2, 0.25) is 5.95 Å². The topological polar surface area (TPSA) is 81.0 Å². The van der Waals surface area contributed by atoms with Crippen LogP contribution in [0.25, 0.3) is 0 Å².